The Hall–Kier alpha value is -1.88. The Balaban J connectivity index is 1.41. The molecule has 1 aliphatic carbocycles. The first-order valence-corrected chi connectivity index (χ1v) is 8.95. The van der Waals surface area contributed by atoms with Crippen molar-refractivity contribution in [2.24, 2.45) is 5.92 Å². The highest BCUT2D eigenvalue weighted by molar-refractivity contribution is 5.80. The third-order valence-electron chi connectivity index (χ3n) is 4.78. The summed E-state index contributed by atoms with van der Waals surface area (Å²) in [5, 5.41) is 6.05. The lowest BCUT2D eigenvalue weighted by Gasteiger charge is -2.31. The van der Waals surface area contributed by atoms with Crippen molar-refractivity contribution in [2.45, 2.75) is 45.2 Å². The number of hydrogen-bond acceptors (Lipinski definition) is 3. The molecule has 1 saturated heterocycles. The fourth-order valence-electron chi connectivity index (χ4n) is 3.13. The number of likely N-dealkylation sites (tertiary alicyclic amines) is 1. The van der Waals surface area contributed by atoms with Crippen LogP contribution in [0.2, 0.25) is 0 Å². The molecule has 2 N–H and O–H groups in total. The van der Waals surface area contributed by atoms with E-state index in [0.29, 0.717) is 25.7 Å². The van der Waals surface area contributed by atoms with Crippen molar-refractivity contribution in [3.63, 3.8) is 0 Å². The Morgan fingerprint density at radius 2 is 1.92 bits per heavy atom. The quantitative estimate of drug-likeness (QED) is 0.833. The summed E-state index contributed by atoms with van der Waals surface area (Å²) in [6.45, 7) is 4.56. The summed E-state index contributed by atoms with van der Waals surface area (Å²) in [7, 11) is 0. The molecular weight excluding hydrogens is 302 g/mol. The van der Waals surface area contributed by atoms with Gasteiger partial charge in [-0.1, -0.05) is 29.8 Å². The van der Waals surface area contributed by atoms with Gasteiger partial charge in [0.05, 0.1) is 12.5 Å². The predicted octanol–water partition coefficient (Wildman–Crippen LogP) is 1.60. The number of benzene rings is 1. The van der Waals surface area contributed by atoms with Crippen LogP contribution in [-0.4, -0.2) is 42.4 Å². The summed E-state index contributed by atoms with van der Waals surface area (Å²) < 4.78 is 0. The average Bonchev–Trinajstić information content (AvgIpc) is 3.38. The van der Waals surface area contributed by atoms with E-state index in [1.807, 2.05) is 12.1 Å². The number of carbonyl (C=O) groups is 2. The Labute approximate surface area is 143 Å². The molecule has 24 heavy (non-hydrogen) atoms. The zero-order chi connectivity index (χ0) is 16.9. The molecule has 1 unspecified atom stereocenters. The lowest BCUT2D eigenvalue weighted by Crippen LogP contribution is -2.46. The zero-order valence-corrected chi connectivity index (χ0v) is 14.4. The summed E-state index contributed by atoms with van der Waals surface area (Å²) in [6.07, 6.45) is 4.14. The minimum absolute atomic E-state index is 0.0267. The summed E-state index contributed by atoms with van der Waals surface area (Å²) in [5.74, 6) is 0.227. The van der Waals surface area contributed by atoms with Crippen LogP contribution in [0.25, 0.3) is 0 Å². The Bertz CT molecular complexity index is 581. The lowest BCUT2D eigenvalue weighted by atomic mass is 9.97. The van der Waals surface area contributed by atoms with Crippen molar-refractivity contribution < 1.29 is 9.59 Å². The molecule has 2 aliphatic rings. The molecule has 1 aliphatic heterocycles. The predicted molar refractivity (Wildman–Crippen MR) is 93.4 cm³/mol. The number of aryl methyl sites for hydroxylation is 1. The number of nitrogens with zero attached hydrogens (tertiary/aromatic N) is 1. The van der Waals surface area contributed by atoms with Gasteiger partial charge in [0.2, 0.25) is 11.8 Å². The first kappa shape index (κ1) is 17.0. The fraction of sp³-hybridized carbons (Fsp3) is 0.579. The van der Waals surface area contributed by atoms with E-state index in [4.69, 9.17) is 0 Å². The van der Waals surface area contributed by atoms with Gasteiger partial charge < -0.3 is 10.6 Å². The number of piperidine rings is 1. The van der Waals surface area contributed by atoms with Crippen molar-refractivity contribution >= 4 is 11.8 Å². The standard InChI is InChI=1S/C19H27N3O2/c1-14-4-6-15(7-5-14)11-20-18(23)13-22-10-2-3-16(12-22)19(24)21-17-8-9-17/h4-7,16-17H,2-3,8-13H2,1H3,(H,20,23)(H,21,24). The van der Waals surface area contributed by atoms with Gasteiger partial charge in [0.1, 0.15) is 0 Å². The second-order valence-corrected chi connectivity index (χ2v) is 7.12. The number of amides is 2. The molecule has 1 aromatic rings. The van der Waals surface area contributed by atoms with Crippen LogP contribution in [0.1, 0.15) is 36.8 Å². The van der Waals surface area contributed by atoms with Crippen LogP contribution in [0.4, 0.5) is 0 Å². The van der Waals surface area contributed by atoms with Crippen LogP contribution in [0, 0.1) is 12.8 Å². The summed E-state index contributed by atoms with van der Waals surface area (Å²) in [4.78, 5) is 26.4. The summed E-state index contributed by atoms with van der Waals surface area (Å²) >= 11 is 0. The van der Waals surface area contributed by atoms with Gasteiger partial charge >= 0.3 is 0 Å². The molecule has 5 heteroatoms. The first-order valence-electron chi connectivity index (χ1n) is 8.95. The van der Waals surface area contributed by atoms with Gasteiger partial charge in [0.15, 0.2) is 0 Å². The Morgan fingerprint density at radius 1 is 1.17 bits per heavy atom. The van der Waals surface area contributed by atoms with Crippen molar-refractivity contribution in [1.82, 2.24) is 15.5 Å². The van der Waals surface area contributed by atoms with Crippen LogP contribution >= 0.6 is 0 Å². The minimum atomic E-state index is 0.0267. The van der Waals surface area contributed by atoms with Crippen LogP contribution < -0.4 is 10.6 Å². The van der Waals surface area contributed by atoms with Gasteiger partial charge in [-0.3, -0.25) is 14.5 Å². The molecule has 1 aromatic carbocycles. The number of hydrogen-bond donors (Lipinski definition) is 2. The van der Waals surface area contributed by atoms with Gasteiger partial charge in [-0.25, -0.2) is 0 Å². The zero-order valence-electron chi connectivity index (χ0n) is 14.4. The van der Waals surface area contributed by atoms with E-state index in [9.17, 15) is 9.59 Å². The van der Waals surface area contributed by atoms with Crippen molar-refractivity contribution in [3.05, 3.63) is 35.4 Å². The Morgan fingerprint density at radius 3 is 2.62 bits per heavy atom. The van der Waals surface area contributed by atoms with E-state index in [2.05, 4.69) is 34.6 Å². The van der Waals surface area contributed by atoms with Crippen LogP contribution in [0.5, 0.6) is 0 Å². The molecule has 2 amide bonds. The molecule has 0 bridgehead atoms. The van der Waals surface area contributed by atoms with Crippen molar-refractivity contribution in [2.75, 3.05) is 19.6 Å². The lowest BCUT2D eigenvalue weighted by molar-refractivity contribution is -0.129. The monoisotopic (exact) mass is 329 g/mol. The summed E-state index contributed by atoms with van der Waals surface area (Å²) in [6, 6.07) is 8.58. The van der Waals surface area contributed by atoms with Gasteiger partial charge in [0, 0.05) is 19.1 Å². The normalized spacial score (nSPS) is 21.3. The molecule has 0 radical (unpaired) electrons. The maximum Gasteiger partial charge on any atom is 0.234 e. The van der Waals surface area contributed by atoms with Crippen LogP contribution in [0.3, 0.4) is 0 Å². The van der Waals surface area contributed by atoms with Crippen molar-refractivity contribution in [3.8, 4) is 0 Å². The largest absolute Gasteiger partial charge is 0.353 e. The highest BCUT2D eigenvalue weighted by atomic mass is 16.2. The van der Waals surface area contributed by atoms with Gasteiger partial charge in [-0.2, -0.15) is 0 Å². The average molecular weight is 329 g/mol. The smallest absolute Gasteiger partial charge is 0.234 e. The maximum absolute atomic E-state index is 12.2. The third kappa shape index (κ3) is 5.06. The molecule has 2 fully saturated rings. The third-order valence-corrected chi connectivity index (χ3v) is 4.78. The number of rotatable bonds is 6. The maximum atomic E-state index is 12.2. The SMILES string of the molecule is Cc1ccc(CNC(=O)CN2CCCC(C(=O)NC3CC3)C2)cc1. The number of nitrogens with one attached hydrogen (secondary N) is 2. The van der Waals surface area contributed by atoms with E-state index in [-0.39, 0.29) is 17.7 Å². The second kappa shape index (κ2) is 7.79. The van der Waals surface area contributed by atoms with E-state index in [1.54, 1.807) is 0 Å². The molecular formula is C19H27N3O2. The molecule has 0 aromatic heterocycles. The first-order chi connectivity index (χ1) is 11.6. The van der Waals surface area contributed by atoms with Crippen LogP contribution in [0.15, 0.2) is 24.3 Å². The molecule has 1 atom stereocenters. The van der Waals surface area contributed by atoms with Gasteiger partial charge in [-0.05, 0) is 44.7 Å². The van der Waals surface area contributed by atoms with Crippen molar-refractivity contribution in [1.29, 1.82) is 0 Å². The Kier molecular flexibility index (Phi) is 5.51. The molecule has 130 valence electrons. The molecule has 3 rings (SSSR count). The molecule has 1 heterocycles. The minimum Gasteiger partial charge on any atom is -0.353 e. The summed E-state index contributed by atoms with van der Waals surface area (Å²) in [5.41, 5.74) is 2.32. The van der Waals surface area contributed by atoms with E-state index >= 15 is 0 Å². The molecule has 1 saturated carbocycles. The van der Waals surface area contributed by atoms with E-state index < -0.39 is 0 Å². The van der Waals surface area contributed by atoms with Gasteiger partial charge in [-0.15, -0.1) is 0 Å². The highest BCUT2D eigenvalue weighted by Gasteiger charge is 2.30. The topological polar surface area (TPSA) is 61.4 Å². The number of carbonyl (C=O) groups excluding carboxylic acids is 2. The molecule has 5 nitrogen and oxygen atoms in total. The van der Waals surface area contributed by atoms with Gasteiger partial charge in [0.25, 0.3) is 0 Å². The molecule has 0 spiro atoms. The fourth-order valence-corrected chi connectivity index (χ4v) is 3.13. The second-order valence-electron chi connectivity index (χ2n) is 7.12. The van der Waals surface area contributed by atoms with E-state index in [1.165, 1.54) is 5.56 Å². The van der Waals surface area contributed by atoms with Crippen LogP contribution in [-0.2, 0) is 16.1 Å². The van der Waals surface area contributed by atoms with E-state index in [0.717, 1.165) is 37.8 Å². The highest BCUT2D eigenvalue weighted by Crippen LogP contribution is 2.22.